The van der Waals surface area contributed by atoms with Crippen LogP contribution in [-0.2, 0) is 11.4 Å². The number of anilines is 1. The van der Waals surface area contributed by atoms with E-state index in [1.807, 2.05) is 35.7 Å². The Balaban J connectivity index is 1.54. The first kappa shape index (κ1) is 15.7. The molecule has 0 aliphatic carbocycles. The van der Waals surface area contributed by atoms with E-state index in [9.17, 15) is 4.79 Å². The second kappa shape index (κ2) is 6.57. The molecule has 5 rings (SSSR count). The van der Waals surface area contributed by atoms with Crippen LogP contribution in [0.15, 0.2) is 47.2 Å². The van der Waals surface area contributed by atoms with Crippen molar-refractivity contribution in [1.82, 2.24) is 0 Å². The number of amides is 1. The summed E-state index contributed by atoms with van der Waals surface area (Å²) in [4.78, 5) is 20.8. The highest BCUT2D eigenvalue weighted by Gasteiger charge is 2.44. The predicted molar refractivity (Wildman–Crippen MR) is 95.6 cm³/mol. The van der Waals surface area contributed by atoms with Crippen molar-refractivity contribution in [3.05, 3.63) is 52.7 Å². The van der Waals surface area contributed by atoms with Gasteiger partial charge in [0.2, 0.25) is 0 Å². The van der Waals surface area contributed by atoms with Crippen molar-refractivity contribution in [3.8, 4) is 0 Å². The van der Waals surface area contributed by atoms with E-state index in [-0.39, 0.29) is 6.09 Å². The lowest BCUT2D eigenvalue weighted by Gasteiger charge is -2.45. The molecule has 0 atom stereocenters. The van der Waals surface area contributed by atoms with Crippen LogP contribution in [0.4, 0.5) is 10.5 Å². The van der Waals surface area contributed by atoms with E-state index in [1.54, 1.807) is 16.2 Å². The lowest BCUT2D eigenvalue weighted by Crippen LogP contribution is -2.60. The largest absolute Gasteiger partial charge is 0.469 e. The summed E-state index contributed by atoms with van der Waals surface area (Å²) < 4.78 is 0.516. The molecule has 5 heteroatoms. The number of carbonyl (C=O) groups excluding carboxylic acids is 1. The molecule has 2 aromatic rings. The lowest BCUT2D eigenvalue weighted by molar-refractivity contribution is -1.10. The summed E-state index contributed by atoms with van der Waals surface area (Å²) in [5, 5.41) is 4.13. The van der Waals surface area contributed by atoms with Gasteiger partial charge in [0.05, 0.1) is 6.54 Å². The number of hydrogen-bond donors (Lipinski definition) is 0. The van der Waals surface area contributed by atoms with Gasteiger partial charge >= 0.3 is 6.09 Å². The molecule has 1 aromatic carbocycles. The molecule has 0 saturated carbocycles. The summed E-state index contributed by atoms with van der Waals surface area (Å²) in [6.07, 6.45) is 3.32. The number of fused-ring (bicyclic) bond motifs is 3. The number of para-hydroxylation sites is 1. The maximum Gasteiger partial charge on any atom is 0.469 e. The Morgan fingerprint density at radius 2 is 1.83 bits per heavy atom. The van der Waals surface area contributed by atoms with Crippen LogP contribution in [0.3, 0.4) is 0 Å². The van der Waals surface area contributed by atoms with Crippen molar-refractivity contribution in [1.29, 1.82) is 0 Å². The lowest BCUT2D eigenvalue weighted by atomic mass is 9.88. The van der Waals surface area contributed by atoms with Crippen LogP contribution in [0.5, 0.6) is 0 Å². The molecule has 2 bridgehead atoms. The average molecular weight is 343 g/mol. The first-order valence-electron chi connectivity index (χ1n) is 8.67. The fourth-order valence-electron chi connectivity index (χ4n) is 3.81. The average Bonchev–Trinajstić information content (AvgIpc) is 3.15. The molecule has 0 spiro atoms. The quantitative estimate of drug-likeness (QED) is 0.768. The molecule has 3 aliphatic rings. The Labute approximate surface area is 146 Å². The summed E-state index contributed by atoms with van der Waals surface area (Å²) in [6.45, 7) is 3.46. The minimum atomic E-state index is -0.229. The summed E-state index contributed by atoms with van der Waals surface area (Å²) >= 11 is 1.65. The van der Waals surface area contributed by atoms with E-state index in [2.05, 4.69) is 11.4 Å². The topological polar surface area (TPSA) is 29.5 Å². The third-order valence-electron chi connectivity index (χ3n) is 5.32. The number of nitrogens with zero attached hydrogens (tertiary/aromatic N) is 2. The highest BCUT2D eigenvalue weighted by Crippen LogP contribution is 2.34. The zero-order valence-corrected chi connectivity index (χ0v) is 14.6. The van der Waals surface area contributed by atoms with Crippen molar-refractivity contribution in [3.63, 3.8) is 0 Å². The molecule has 3 saturated heterocycles. The van der Waals surface area contributed by atoms with Crippen LogP contribution in [0, 0.1) is 5.92 Å². The molecule has 4 heterocycles. The van der Waals surface area contributed by atoms with Crippen LogP contribution in [0.25, 0.3) is 0 Å². The van der Waals surface area contributed by atoms with Crippen molar-refractivity contribution < 1.29 is 14.3 Å². The molecular weight excluding hydrogens is 320 g/mol. The normalized spacial score (nSPS) is 25.4. The van der Waals surface area contributed by atoms with E-state index in [4.69, 9.17) is 4.84 Å². The Hall–Kier alpha value is -1.85. The Morgan fingerprint density at radius 3 is 2.46 bits per heavy atom. The van der Waals surface area contributed by atoms with Gasteiger partial charge in [-0.05, 0) is 40.4 Å². The first-order chi connectivity index (χ1) is 11.7. The van der Waals surface area contributed by atoms with Gasteiger partial charge in [-0.25, -0.2) is 4.79 Å². The summed E-state index contributed by atoms with van der Waals surface area (Å²) in [6, 6.07) is 11.9. The van der Waals surface area contributed by atoms with Gasteiger partial charge in [-0.2, -0.15) is 11.3 Å². The smallest absolute Gasteiger partial charge is 0.269 e. The first-order valence-corrected chi connectivity index (χ1v) is 9.62. The van der Waals surface area contributed by atoms with E-state index < -0.39 is 0 Å². The Bertz CT molecular complexity index is 665. The van der Waals surface area contributed by atoms with Crippen LogP contribution in [-0.4, -0.2) is 30.4 Å². The standard InChI is InChI=1S/C19H23N2O2S/c22-19(23-21-10-6-16(7-11-21)8-12-21)20(14-17-9-13-24-15-17)18-4-2-1-3-5-18/h1-5,9,13,15-16H,6-8,10-12,14H2/q+1. The summed E-state index contributed by atoms with van der Waals surface area (Å²) in [5.41, 5.74) is 2.02. The van der Waals surface area contributed by atoms with Crippen molar-refractivity contribution >= 4 is 23.1 Å². The second-order valence-electron chi connectivity index (χ2n) is 6.87. The van der Waals surface area contributed by atoms with Gasteiger partial charge < -0.3 is 0 Å². The monoisotopic (exact) mass is 343 g/mol. The zero-order valence-electron chi connectivity index (χ0n) is 13.8. The van der Waals surface area contributed by atoms with Crippen molar-refractivity contribution in [2.45, 2.75) is 25.8 Å². The fraction of sp³-hybridized carbons (Fsp3) is 0.421. The molecule has 0 unspecified atom stereocenters. The predicted octanol–water partition coefficient (Wildman–Crippen LogP) is 4.44. The van der Waals surface area contributed by atoms with E-state index in [0.717, 1.165) is 36.8 Å². The minimum absolute atomic E-state index is 0.229. The fourth-order valence-corrected chi connectivity index (χ4v) is 4.47. The van der Waals surface area contributed by atoms with Gasteiger partial charge in [-0.15, -0.1) is 4.65 Å². The van der Waals surface area contributed by atoms with Crippen LogP contribution >= 0.6 is 11.3 Å². The molecule has 3 fully saturated rings. The number of carbonyl (C=O) groups is 1. The molecule has 24 heavy (non-hydrogen) atoms. The Kier molecular flexibility index (Phi) is 4.29. The molecule has 3 aliphatic heterocycles. The molecule has 1 amide bonds. The molecular formula is C19H23N2O2S+. The van der Waals surface area contributed by atoms with Gasteiger partial charge in [-0.3, -0.25) is 9.74 Å². The highest BCUT2D eigenvalue weighted by molar-refractivity contribution is 7.07. The van der Waals surface area contributed by atoms with Gasteiger partial charge in [0.1, 0.15) is 19.6 Å². The third kappa shape index (κ3) is 3.19. The van der Waals surface area contributed by atoms with Crippen LogP contribution < -0.4 is 4.90 Å². The van der Waals surface area contributed by atoms with Gasteiger partial charge in [0, 0.05) is 24.9 Å². The molecule has 0 radical (unpaired) electrons. The van der Waals surface area contributed by atoms with E-state index in [1.165, 1.54) is 19.3 Å². The SMILES string of the molecule is O=C(O[N+]12CCC(CC1)CC2)N(Cc1ccsc1)c1ccccc1. The second-order valence-corrected chi connectivity index (χ2v) is 7.65. The number of hydroxylamine groups is 3. The van der Waals surface area contributed by atoms with E-state index in [0.29, 0.717) is 11.2 Å². The Morgan fingerprint density at radius 1 is 1.12 bits per heavy atom. The molecule has 0 N–H and O–H groups in total. The van der Waals surface area contributed by atoms with Gasteiger partial charge in [-0.1, -0.05) is 18.2 Å². The maximum absolute atomic E-state index is 13.0. The van der Waals surface area contributed by atoms with Gasteiger partial charge in [0.25, 0.3) is 0 Å². The van der Waals surface area contributed by atoms with Crippen molar-refractivity contribution in [2.75, 3.05) is 24.5 Å². The zero-order chi connectivity index (χ0) is 16.4. The molecule has 126 valence electrons. The number of benzene rings is 1. The number of quaternary nitrogens is 1. The molecule has 4 nitrogen and oxygen atoms in total. The molecule has 1 aromatic heterocycles. The van der Waals surface area contributed by atoms with Gasteiger partial charge in [0.15, 0.2) is 0 Å². The number of thiophene rings is 1. The van der Waals surface area contributed by atoms with Crippen LogP contribution in [0.1, 0.15) is 24.8 Å². The number of rotatable bonds is 4. The minimum Gasteiger partial charge on any atom is -0.269 e. The van der Waals surface area contributed by atoms with Crippen LogP contribution in [0.2, 0.25) is 0 Å². The van der Waals surface area contributed by atoms with E-state index >= 15 is 0 Å². The summed E-state index contributed by atoms with van der Waals surface area (Å²) in [5.74, 6) is 0.847. The maximum atomic E-state index is 13.0. The number of hydrogen-bond acceptors (Lipinski definition) is 3. The number of piperidine rings is 3. The highest BCUT2D eigenvalue weighted by atomic mass is 32.1. The third-order valence-corrected chi connectivity index (χ3v) is 6.05. The van der Waals surface area contributed by atoms with Crippen molar-refractivity contribution in [2.24, 2.45) is 5.92 Å². The summed E-state index contributed by atoms with van der Waals surface area (Å²) in [7, 11) is 0.